The van der Waals surface area contributed by atoms with Crippen molar-refractivity contribution in [1.82, 2.24) is 14.9 Å². The maximum absolute atomic E-state index is 11.8. The van der Waals surface area contributed by atoms with Gasteiger partial charge in [0, 0.05) is 49.2 Å². The number of nitrogens with one attached hydrogen (secondary N) is 2. The van der Waals surface area contributed by atoms with E-state index in [4.69, 9.17) is 12.2 Å². The molecule has 1 aliphatic heterocycles. The Morgan fingerprint density at radius 1 is 1.00 bits per heavy atom. The Morgan fingerprint density at radius 3 is 2.37 bits per heavy atom. The smallest absolute Gasteiger partial charge is 0.229 e. The predicted molar refractivity (Wildman–Crippen MR) is 158 cm³/mol. The molecule has 0 amide bonds. The monoisotopic (exact) mass is 546 g/mol. The van der Waals surface area contributed by atoms with Crippen molar-refractivity contribution in [3.8, 4) is 5.69 Å². The molecule has 0 spiro atoms. The molecule has 4 aromatic rings. The first-order valence-corrected chi connectivity index (χ1v) is 14.5. The van der Waals surface area contributed by atoms with Crippen LogP contribution in [-0.4, -0.2) is 43.4 Å². The molecule has 0 radical (unpaired) electrons. The van der Waals surface area contributed by atoms with Crippen LogP contribution in [0, 0.1) is 6.92 Å². The first-order chi connectivity index (χ1) is 18.1. The molecule has 1 aliphatic rings. The second kappa shape index (κ2) is 10.1. The molecule has 2 aromatic heterocycles. The van der Waals surface area contributed by atoms with Gasteiger partial charge >= 0.3 is 0 Å². The van der Waals surface area contributed by atoms with Gasteiger partial charge in [-0.2, -0.15) is 0 Å². The third-order valence-electron chi connectivity index (χ3n) is 6.61. The van der Waals surface area contributed by atoms with Crippen LogP contribution in [0.4, 0.5) is 17.1 Å². The van der Waals surface area contributed by atoms with E-state index < -0.39 is 10.0 Å². The van der Waals surface area contributed by atoms with Gasteiger partial charge in [0.05, 0.1) is 23.7 Å². The van der Waals surface area contributed by atoms with Gasteiger partial charge in [0.2, 0.25) is 10.0 Å². The fourth-order valence-electron chi connectivity index (χ4n) is 4.83. The highest BCUT2D eigenvalue weighted by Crippen LogP contribution is 2.43. The molecule has 0 saturated carbocycles. The first kappa shape index (κ1) is 25.7. The van der Waals surface area contributed by atoms with E-state index in [1.54, 1.807) is 12.3 Å². The highest BCUT2D eigenvalue weighted by molar-refractivity contribution is 7.92. The molecule has 196 valence electrons. The molecule has 8 nitrogen and oxygen atoms in total. The number of thiocarbonyl (C=S) groups is 1. The van der Waals surface area contributed by atoms with Crippen LogP contribution >= 0.6 is 12.2 Å². The van der Waals surface area contributed by atoms with Crippen LogP contribution in [0.15, 0.2) is 85.2 Å². The second-order valence-electron chi connectivity index (χ2n) is 9.58. The number of aryl methyl sites for hydroxylation is 1. The normalized spacial score (nSPS) is 17.4. The average Bonchev–Trinajstić information content (AvgIpc) is 3.49. The molecular formula is C28H30N6O2S2. The van der Waals surface area contributed by atoms with Crippen molar-refractivity contribution in [1.29, 1.82) is 0 Å². The van der Waals surface area contributed by atoms with Gasteiger partial charge in [0.25, 0.3) is 0 Å². The second-order valence-corrected chi connectivity index (χ2v) is 11.7. The Balaban J connectivity index is 1.61. The van der Waals surface area contributed by atoms with Gasteiger partial charge in [0.15, 0.2) is 5.11 Å². The molecule has 0 aliphatic carbocycles. The van der Waals surface area contributed by atoms with E-state index in [-0.39, 0.29) is 12.1 Å². The molecule has 2 N–H and O–H groups in total. The average molecular weight is 547 g/mol. The summed E-state index contributed by atoms with van der Waals surface area (Å²) >= 11 is 5.88. The molecule has 38 heavy (non-hydrogen) atoms. The van der Waals surface area contributed by atoms with Crippen molar-refractivity contribution in [2.75, 3.05) is 34.9 Å². The van der Waals surface area contributed by atoms with Crippen molar-refractivity contribution < 1.29 is 8.42 Å². The molecule has 3 heterocycles. The standard InChI is InChI=1S/C28H30N6O2S2/c1-19-18-22(14-15-23(19)31-38(4,35)36)34-27(26(30-28(34)37)24-8-5-6-16-29-24)25-9-7-17-33(25)21-12-10-20(11-13-21)32(2)3/h5-18,26-27,31H,1-4H3,(H,30,37)/t26-,27-/m0/s1. The Labute approximate surface area is 229 Å². The molecule has 10 heteroatoms. The van der Waals surface area contributed by atoms with Crippen molar-refractivity contribution in [3.05, 3.63) is 102 Å². The summed E-state index contributed by atoms with van der Waals surface area (Å²) in [7, 11) is 0.652. The van der Waals surface area contributed by atoms with E-state index in [9.17, 15) is 8.42 Å². The van der Waals surface area contributed by atoms with Gasteiger partial charge in [-0.1, -0.05) is 6.07 Å². The van der Waals surface area contributed by atoms with E-state index in [2.05, 4.69) is 65.9 Å². The number of rotatable bonds is 7. The highest BCUT2D eigenvalue weighted by Gasteiger charge is 2.42. The minimum Gasteiger partial charge on any atom is -0.378 e. The van der Waals surface area contributed by atoms with Crippen molar-refractivity contribution >= 4 is 44.4 Å². The Hall–Kier alpha value is -3.89. The van der Waals surface area contributed by atoms with E-state index in [1.165, 1.54) is 0 Å². The Kier molecular flexibility index (Phi) is 6.85. The largest absolute Gasteiger partial charge is 0.378 e. The summed E-state index contributed by atoms with van der Waals surface area (Å²) in [6, 6.07) is 23.6. The third kappa shape index (κ3) is 5.09. The lowest BCUT2D eigenvalue weighted by atomic mass is 10.0. The van der Waals surface area contributed by atoms with Crippen molar-refractivity contribution in [2.24, 2.45) is 0 Å². The number of pyridine rings is 1. The van der Waals surface area contributed by atoms with E-state index in [0.717, 1.165) is 40.3 Å². The fourth-order valence-corrected chi connectivity index (χ4v) is 5.80. The van der Waals surface area contributed by atoms with Crippen LogP contribution in [-0.2, 0) is 10.0 Å². The number of benzene rings is 2. The SMILES string of the molecule is Cc1cc(N2C(=S)N[C@@H](c3ccccn3)[C@@H]2c2cccn2-c2ccc(N(C)C)cc2)ccc1NS(C)(=O)=O. The van der Waals surface area contributed by atoms with E-state index in [0.29, 0.717) is 10.8 Å². The van der Waals surface area contributed by atoms with Crippen LogP contribution < -0.4 is 19.8 Å². The van der Waals surface area contributed by atoms with Gasteiger partial charge < -0.3 is 19.7 Å². The number of sulfonamides is 1. The molecule has 5 rings (SSSR count). The van der Waals surface area contributed by atoms with Gasteiger partial charge in [-0.3, -0.25) is 9.71 Å². The molecule has 2 atom stereocenters. The first-order valence-electron chi connectivity index (χ1n) is 12.2. The summed E-state index contributed by atoms with van der Waals surface area (Å²) in [6.07, 6.45) is 4.99. The summed E-state index contributed by atoms with van der Waals surface area (Å²) in [5.41, 5.74) is 6.28. The molecule has 0 unspecified atom stereocenters. The van der Waals surface area contributed by atoms with Crippen LogP contribution in [0.2, 0.25) is 0 Å². The van der Waals surface area contributed by atoms with Crippen molar-refractivity contribution in [3.63, 3.8) is 0 Å². The van der Waals surface area contributed by atoms with Gasteiger partial charge in [-0.15, -0.1) is 0 Å². The zero-order valence-corrected chi connectivity index (χ0v) is 23.3. The zero-order valence-electron chi connectivity index (χ0n) is 21.7. The minimum absolute atomic E-state index is 0.201. The number of hydrogen-bond acceptors (Lipinski definition) is 5. The lowest BCUT2D eigenvalue weighted by molar-refractivity contribution is 0.549. The van der Waals surface area contributed by atoms with Crippen LogP contribution in [0.5, 0.6) is 0 Å². The van der Waals surface area contributed by atoms with Crippen LogP contribution in [0.1, 0.15) is 29.0 Å². The van der Waals surface area contributed by atoms with Gasteiger partial charge in [0.1, 0.15) is 6.04 Å². The summed E-state index contributed by atoms with van der Waals surface area (Å²) in [5, 5.41) is 4.07. The van der Waals surface area contributed by atoms with Gasteiger partial charge in [-0.25, -0.2) is 8.42 Å². The molecule has 1 saturated heterocycles. The van der Waals surface area contributed by atoms with Crippen LogP contribution in [0.25, 0.3) is 5.69 Å². The maximum atomic E-state index is 11.8. The van der Waals surface area contributed by atoms with Gasteiger partial charge in [-0.05, 0) is 91.4 Å². The summed E-state index contributed by atoms with van der Waals surface area (Å²) in [6.45, 7) is 1.88. The molecule has 0 bridgehead atoms. The number of aromatic nitrogens is 2. The maximum Gasteiger partial charge on any atom is 0.229 e. The minimum atomic E-state index is -3.39. The quantitative estimate of drug-likeness (QED) is 0.323. The number of hydrogen-bond donors (Lipinski definition) is 2. The van der Waals surface area contributed by atoms with Crippen LogP contribution in [0.3, 0.4) is 0 Å². The highest BCUT2D eigenvalue weighted by atomic mass is 32.2. The summed E-state index contributed by atoms with van der Waals surface area (Å²) in [4.78, 5) is 8.81. The molecule has 1 fully saturated rings. The topological polar surface area (TPSA) is 82.5 Å². The number of anilines is 3. The molecule has 2 aromatic carbocycles. The third-order valence-corrected chi connectivity index (χ3v) is 7.51. The summed E-state index contributed by atoms with van der Waals surface area (Å²) < 4.78 is 28.4. The number of nitrogens with zero attached hydrogens (tertiary/aromatic N) is 4. The summed E-state index contributed by atoms with van der Waals surface area (Å²) in [5.74, 6) is 0. The fraction of sp³-hybridized carbons (Fsp3) is 0.214. The van der Waals surface area contributed by atoms with E-state index >= 15 is 0 Å². The predicted octanol–water partition coefficient (Wildman–Crippen LogP) is 4.80. The van der Waals surface area contributed by atoms with Crippen molar-refractivity contribution in [2.45, 2.75) is 19.0 Å². The lowest BCUT2D eigenvalue weighted by Crippen LogP contribution is -2.30. The lowest BCUT2D eigenvalue weighted by Gasteiger charge is -2.29. The molecular weight excluding hydrogens is 516 g/mol. The zero-order chi connectivity index (χ0) is 27.0. The Morgan fingerprint density at radius 2 is 1.74 bits per heavy atom. The Bertz CT molecular complexity index is 1570. The van der Waals surface area contributed by atoms with E-state index in [1.807, 2.05) is 57.4 Å².